The molecule has 0 spiro atoms. The van der Waals surface area contributed by atoms with E-state index >= 15 is 0 Å². The molecule has 7 nitrogen and oxygen atoms in total. The maximum absolute atomic E-state index is 12.1. The quantitative estimate of drug-likeness (QED) is 0.719. The zero-order valence-electron chi connectivity index (χ0n) is 11.8. The van der Waals surface area contributed by atoms with E-state index in [2.05, 4.69) is 4.74 Å². The topological polar surface area (TPSA) is 91.1 Å². The van der Waals surface area contributed by atoms with Crippen LogP contribution in [0, 0.1) is 0 Å². The van der Waals surface area contributed by atoms with Gasteiger partial charge in [-0.3, -0.25) is 9.69 Å². The van der Waals surface area contributed by atoms with E-state index in [1.165, 1.54) is 12.0 Å². The van der Waals surface area contributed by atoms with Gasteiger partial charge in [-0.25, -0.2) is 4.79 Å². The Bertz CT molecular complexity index is 340. The third kappa shape index (κ3) is 4.36. The standard InChI is InChI=1S/C12H22N2O5/c1-12(2,3)19-11(16)14-5-6-18-7-8(14)9(13)10(15)17-4/h8-9H,5-7,13H2,1-4H3/t8-,9-/m1/s1. The van der Waals surface area contributed by atoms with Gasteiger partial charge in [-0.1, -0.05) is 0 Å². The molecule has 0 radical (unpaired) electrons. The second kappa shape index (κ2) is 6.21. The fourth-order valence-corrected chi connectivity index (χ4v) is 1.76. The molecule has 1 saturated heterocycles. The molecule has 1 aliphatic heterocycles. The molecule has 1 amide bonds. The van der Waals surface area contributed by atoms with Crippen molar-refractivity contribution in [2.75, 3.05) is 26.9 Å². The summed E-state index contributed by atoms with van der Waals surface area (Å²) in [6.45, 7) is 6.26. The fourth-order valence-electron chi connectivity index (χ4n) is 1.76. The summed E-state index contributed by atoms with van der Waals surface area (Å²) in [6.07, 6.45) is -0.500. The van der Waals surface area contributed by atoms with E-state index in [1.807, 2.05) is 0 Å². The normalized spacial score (nSPS) is 21.7. The largest absolute Gasteiger partial charge is 0.468 e. The summed E-state index contributed by atoms with van der Waals surface area (Å²) in [5, 5.41) is 0. The zero-order chi connectivity index (χ0) is 14.6. The Balaban J connectivity index is 2.77. The molecule has 0 aromatic carbocycles. The predicted molar refractivity (Wildman–Crippen MR) is 67.5 cm³/mol. The van der Waals surface area contributed by atoms with Gasteiger partial charge in [0, 0.05) is 6.54 Å². The summed E-state index contributed by atoms with van der Waals surface area (Å²) < 4.78 is 15.2. The van der Waals surface area contributed by atoms with Crippen LogP contribution in [0.3, 0.4) is 0 Å². The summed E-state index contributed by atoms with van der Waals surface area (Å²) in [5.41, 5.74) is 5.19. The lowest BCUT2D eigenvalue weighted by molar-refractivity contribution is -0.145. The Morgan fingerprint density at radius 1 is 1.42 bits per heavy atom. The van der Waals surface area contributed by atoms with E-state index in [1.54, 1.807) is 20.8 Å². The van der Waals surface area contributed by atoms with Crippen molar-refractivity contribution >= 4 is 12.1 Å². The van der Waals surface area contributed by atoms with Crippen LogP contribution < -0.4 is 5.73 Å². The molecule has 0 aromatic heterocycles. The second-order valence-corrected chi connectivity index (χ2v) is 5.36. The number of nitrogens with two attached hydrogens (primary N) is 1. The maximum Gasteiger partial charge on any atom is 0.410 e. The minimum absolute atomic E-state index is 0.190. The summed E-state index contributed by atoms with van der Waals surface area (Å²) in [7, 11) is 1.25. The lowest BCUT2D eigenvalue weighted by Gasteiger charge is -2.38. The average molecular weight is 274 g/mol. The number of esters is 1. The highest BCUT2D eigenvalue weighted by Gasteiger charge is 2.37. The van der Waals surface area contributed by atoms with E-state index < -0.39 is 29.7 Å². The van der Waals surface area contributed by atoms with Gasteiger partial charge in [0.2, 0.25) is 0 Å². The molecule has 1 fully saturated rings. The van der Waals surface area contributed by atoms with Gasteiger partial charge in [0.25, 0.3) is 0 Å². The number of hydrogen-bond donors (Lipinski definition) is 1. The van der Waals surface area contributed by atoms with Crippen LogP contribution in [-0.4, -0.2) is 61.5 Å². The molecule has 0 aliphatic carbocycles. The van der Waals surface area contributed by atoms with Gasteiger partial charge in [-0.05, 0) is 20.8 Å². The number of ether oxygens (including phenoxy) is 3. The summed E-state index contributed by atoms with van der Waals surface area (Å²) in [4.78, 5) is 25.0. The number of methoxy groups -OCH3 is 1. The van der Waals surface area contributed by atoms with Crippen LogP contribution in [0.4, 0.5) is 4.79 Å². The molecule has 1 rings (SSSR count). The zero-order valence-corrected chi connectivity index (χ0v) is 11.8. The molecule has 1 heterocycles. The van der Waals surface area contributed by atoms with Crippen LogP contribution in [0.15, 0.2) is 0 Å². The summed E-state index contributed by atoms with van der Waals surface area (Å²) in [6, 6.07) is -1.52. The SMILES string of the molecule is COC(=O)[C@H](N)[C@H]1COCCN1C(=O)OC(C)(C)C. The molecule has 0 aromatic rings. The highest BCUT2D eigenvalue weighted by Crippen LogP contribution is 2.16. The van der Waals surface area contributed by atoms with Gasteiger partial charge in [-0.15, -0.1) is 0 Å². The number of amides is 1. The van der Waals surface area contributed by atoms with Crippen molar-refractivity contribution in [3.63, 3.8) is 0 Å². The van der Waals surface area contributed by atoms with E-state index in [-0.39, 0.29) is 6.61 Å². The Morgan fingerprint density at radius 3 is 2.58 bits per heavy atom. The first-order chi connectivity index (χ1) is 8.76. The predicted octanol–water partition coefficient (Wildman–Crippen LogP) is 0.123. The number of morpholine rings is 1. The molecule has 19 heavy (non-hydrogen) atoms. The smallest absolute Gasteiger partial charge is 0.410 e. The Hall–Kier alpha value is -1.34. The minimum Gasteiger partial charge on any atom is -0.468 e. The lowest BCUT2D eigenvalue weighted by Crippen LogP contribution is -2.60. The van der Waals surface area contributed by atoms with Crippen molar-refractivity contribution in [3.8, 4) is 0 Å². The molecule has 2 atom stereocenters. The van der Waals surface area contributed by atoms with Crippen molar-refractivity contribution in [1.82, 2.24) is 4.90 Å². The highest BCUT2D eigenvalue weighted by molar-refractivity contribution is 5.78. The molecular weight excluding hydrogens is 252 g/mol. The van der Waals surface area contributed by atoms with Crippen molar-refractivity contribution in [2.45, 2.75) is 38.5 Å². The highest BCUT2D eigenvalue weighted by atomic mass is 16.6. The number of nitrogens with zero attached hydrogens (tertiary/aromatic N) is 1. The summed E-state index contributed by atoms with van der Waals surface area (Å²) in [5.74, 6) is -0.580. The molecule has 2 N–H and O–H groups in total. The van der Waals surface area contributed by atoms with Crippen molar-refractivity contribution < 1.29 is 23.8 Å². The molecule has 110 valence electrons. The number of hydrogen-bond acceptors (Lipinski definition) is 6. The number of carbonyl (C=O) groups is 2. The molecule has 0 bridgehead atoms. The van der Waals surface area contributed by atoms with Gasteiger partial charge < -0.3 is 19.9 Å². The molecule has 7 heteroatoms. The van der Waals surface area contributed by atoms with E-state index in [9.17, 15) is 9.59 Å². The first-order valence-electron chi connectivity index (χ1n) is 6.17. The van der Waals surface area contributed by atoms with E-state index in [0.717, 1.165) is 0 Å². The van der Waals surface area contributed by atoms with Gasteiger partial charge in [-0.2, -0.15) is 0 Å². The Labute approximate surface area is 113 Å². The van der Waals surface area contributed by atoms with Crippen LogP contribution in [0.2, 0.25) is 0 Å². The summed E-state index contributed by atoms with van der Waals surface area (Å²) >= 11 is 0. The molecular formula is C12H22N2O5. The monoisotopic (exact) mass is 274 g/mol. The van der Waals surface area contributed by atoms with Gasteiger partial charge in [0.1, 0.15) is 11.6 Å². The average Bonchev–Trinajstić information content (AvgIpc) is 2.35. The van der Waals surface area contributed by atoms with Crippen LogP contribution in [0.5, 0.6) is 0 Å². The third-order valence-corrected chi connectivity index (χ3v) is 2.68. The number of rotatable bonds is 2. The maximum atomic E-state index is 12.1. The second-order valence-electron chi connectivity index (χ2n) is 5.36. The van der Waals surface area contributed by atoms with Gasteiger partial charge >= 0.3 is 12.1 Å². The third-order valence-electron chi connectivity index (χ3n) is 2.68. The Morgan fingerprint density at radius 2 is 2.05 bits per heavy atom. The molecule has 0 saturated carbocycles. The fraction of sp³-hybridized carbons (Fsp3) is 0.833. The van der Waals surface area contributed by atoms with Crippen LogP contribution in [0.25, 0.3) is 0 Å². The van der Waals surface area contributed by atoms with Crippen molar-refractivity contribution in [2.24, 2.45) is 5.73 Å². The van der Waals surface area contributed by atoms with E-state index in [4.69, 9.17) is 15.2 Å². The van der Waals surface area contributed by atoms with Gasteiger partial charge in [0.15, 0.2) is 0 Å². The van der Waals surface area contributed by atoms with Crippen LogP contribution in [-0.2, 0) is 19.0 Å². The van der Waals surface area contributed by atoms with E-state index in [0.29, 0.717) is 13.2 Å². The van der Waals surface area contributed by atoms with Crippen LogP contribution >= 0.6 is 0 Å². The lowest BCUT2D eigenvalue weighted by atomic mass is 10.1. The minimum atomic E-state index is -0.946. The van der Waals surface area contributed by atoms with Crippen molar-refractivity contribution in [3.05, 3.63) is 0 Å². The number of carbonyl (C=O) groups excluding carboxylic acids is 2. The Kier molecular flexibility index (Phi) is 5.13. The van der Waals surface area contributed by atoms with Crippen molar-refractivity contribution in [1.29, 1.82) is 0 Å². The first kappa shape index (κ1) is 15.7. The molecule has 1 aliphatic rings. The van der Waals surface area contributed by atoms with Crippen LogP contribution in [0.1, 0.15) is 20.8 Å². The first-order valence-corrected chi connectivity index (χ1v) is 6.17. The van der Waals surface area contributed by atoms with Gasteiger partial charge in [0.05, 0.1) is 26.4 Å². The molecule has 0 unspecified atom stereocenters.